The number of halogens is 1. The second-order valence-corrected chi connectivity index (χ2v) is 6.36. The second kappa shape index (κ2) is 7.18. The maximum atomic E-state index is 12.3. The van der Waals surface area contributed by atoms with Gasteiger partial charge in [0.15, 0.2) is 0 Å². The first kappa shape index (κ1) is 16.2. The van der Waals surface area contributed by atoms with Crippen LogP contribution in [0.3, 0.4) is 0 Å². The van der Waals surface area contributed by atoms with Crippen LogP contribution in [0.25, 0.3) is 0 Å². The van der Waals surface area contributed by atoms with E-state index in [0.29, 0.717) is 11.7 Å². The van der Waals surface area contributed by atoms with Gasteiger partial charge >= 0.3 is 0 Å². The molecule has 21 heavy (non-hydrogen) atoms. The van der Waals surface area contributed by atoms with E-state index in [-0.39, 0.29) is 35.2 Å². The fourth-order valence-electron chi connectivity index (χ4n) is 2.56. The van der Waals surface area contributed by atoms with Crippen molar-refractivity contribution in [3.8, 4) is 0 Å². The fraction of sp³-hybridized carbons (Fsp3) is 0.667. The molecule has 1 aliphatic carbocycles. The summed E-state index contributed by atoms with van der Waals surface area (Å²) in [5.74, 6) is 0.896. The number of hydrogen-bond donors (Lipinski definition) is 2. The molecular formula is C15H22ClN3O2. The van der Waals surface area contributed by atoms with Gasteiger partial charge in [-0.2, -0.15) is 0 Å². The number of carbonyl (C=O) groups is 1. The summed E-state index contributed by atoms with van der Waals surface area (Å²) in [5, 5.41) is 12.4. The van der Waals surface area contributed by atoms with E-state index in [4.69, 9.17) is 16.7 Å². The lowest BCUT2D eigenvalue weighted by Crippen LogP contribution is -2.38. The van der Waals surface area contributed by atoms with Gasteiger partial charge in [-0.15, -0.1) is 0 Å². The molecule has 1 amide bonds. The van der Waals surface area contributed by atoms with Gasteiger partial charge in [-0.3, -0.25) is 4.79 Å². The smallest absolute Gasteiger partial charge is 0.271 e. The van der Waals surface area contributed by atoms with Gasteiger partial charge in [0, 0.05) is 18.6 Å². The number of aliphatic hydroxyl groups is 1. The van der Waals surface area contributed by atoms with Crippen molar-refractivity contribution in [3.63, 3.8) is 0 Å². The Hall–Kier alpha value is -1.20. The summed E-state index contributed by atoms with van der Waals surface area (Å²) in [6.07, 6.45) is 5.14. The minimum absolute atomic E-state index is 0.133. The second-order valence-electron chi connectivity index (χ2n) is 5.95. The third kappa shape index (κ3) is 4.14. The average molecular weight is 312 g/mol. The first-order chi connectivity index (χ1) is 10.0. The number of nitrogens with one attached hydrogen (secondary N) is 1. The van der Waals surface area contributed by atoms with E-state index >= 15 is 0 Å². The Balaban J connectivity index is 2.02. The van der Waals surface area contributed by atoms with Crippen molar-refractivity contribution in [3.05, 3.63) is 22.7 Å². The van der Waals surface area contributed by atoms with Crippen LogP contribution in [-0.4, -0.2) is 33.6 Å². The lowest BCUT2D eigenvalue weighted by Gasteiger charge is -2.27. The van der Waals surface area contributed by atoms with Crippen LogP contribution in [0.5, 0.6) is 0 Å². The van der Waals surface area contributed by atoms with Crippen LogP contribution in [0.2, 0.25) is 5.02 Å². The van der Waals surface area contributed by atoms with Crippen molar-refractivity contribution in [1.82, 2.24) is 15.3 Å². The fourth-order valence-corrected chi connectivity index (χ4v) is 2.74. The Morgan fingerprint density at radius 2 is 2.10 bits per heavy atom. The van der Waals surface area contributed by atoms with E-state index in [1.54, 1.807) is 0 Å². The average Bonchev–Trinajstić information content (AvgIpc) is 2.48. The first-order valence-corrected chi connectivity index (χ1v) is 7.83. The summed E-state index contributed by atoms with van der Waals surface area (Å²) in [4.78, 5) is 20.7. The van der Waals surface area contributed by atoms with Gasteiger partial charge in [0.05, 0.1) is 11.2 Å². The predicted molar refractivity (Wildman–Crippen MR) is 81.4 cm³/mol. The Morgan fingerprint density at radius 1 is 1.43 bits per heavy atom. The number of nitrogens with zero attached hydrogens (tertiary/aromatic N) is 2. The highest BCUT2D eigenvalue weighted by molar-refractivity contribution is 6.33. The Kier molecular flexibility index (Phi) is 5.53. The van der Waals surface area contributed by atoms with E-state index < -0.39 is 0 Å². The third-order valence-electron chi connectivity index (χ3n) is 3.93. The van der Waals surface area contributed by atoms with Gasteiger partial charge in [-0.1, -0.05) is 25.4 Å². The molecule has 1 aromatic heterocycles. The zero-order chi connectivity index (χ0) is 15.4. The maximum absolute atomic E-state index is 12.3. The molecule has 1 fully saturated rings. The van der Waals surface area contributed by atoms with Crippen LogP contribution in [0.4, 0.5) is 0 Å². The number of aromatic nitrogens is 2. The van der Waals surface area contributed by atoms with Crippen molar-refractivity contribution in [2.75, 3.05) is 6.61 Å². The molecule has 0 bridgehead atoms. The van der Waals surface area contributed by atoms with E-state index in [9.17, 15) is 4.79 Å². The van der Waals surface area contributed by atoms with Gasteiger partial charge in [0.2, 0.25) is 0 Å². The van der Waals surface area contributed by atoms with Crippen LogP contribution in [0.1, 0.15) is 61.8 Å². The van der Waals surface area contributed by atoms with Crippen molar-refractivity contribution in [2.24, 2.45) is 5.92 Å². The van der Waals surface area contributed by atoms with Crippen LogP contribution in [0.15, 0.2) is 6.20 Å². The summed E-state index contributed by atoms with van der Waals surface area (Å²) >= 11 is 6.04. The molecule has 2 rings (SSSR count). The molecule has 0 atom stereocenters. The van der Waals surface area contributed by atoms with Crippen molar-refractivity contribution < 1.29 is 9.90 Å². The highest BCUT2D eigenvalue weighted by Crippen LogP contribution is 2.24. The number of hydrogen-bond acceptors (Lipinski definition) is 4. The van der Waals surface area contributed by atoms with Gasteiger partial charge in [0.25, 0.3) is 5.91 Å². The number of rotatable bonds is 4. The van der Waals surface area contributed by atoms with Crippen molar-refractivity contribution in [2.45, 2.75) is 51.5 Å². The Labute approximate surface area is 130 Å². The third-order valence-corrected chi connectivity index (χ3v) is 4.21. The topological polar surface area (TPSA) is 75.1 Å². The number of carbonyl (C=O) groups excluding carboxylic acids is 1. The molecule has 116 valence electrons. The molecule has 2 N–H and O–H groups in total. The summed E-state index contributed by atoms with van der Waals surface area (Å²) in [6, 6.07) is 0.133. The van der Waals surface area contributed by atoms with Crippen molar-refractivity contribution in [1.29, 1.82) is 0 Å². The van der Waals surface area contributed by atoms with Crippen LogP contribution >= 0.6 is 11.6 Å². The molecule has 0 spiro atoms. The van der Waals surface area contributed by atoms with Gasteiger partial charge in [-0.25, -0.2) is 9.97 Å². The van der Waals surface area contributed by atoms with Gasteiger partial charge < -0.3 is 10.4 Å². The molecule has 0 aromatic carbocycles. The molecule has 1 saturated carbocycles. The SMILES string of the molecule is CC(C)c1ncc(Cl)c(C(=O)NC2CCC(CO)CC2)n1. The van der Waals surface area contributed by atoms with E-state index in [1.807, 2.05) is 13.8 Å². The van der Waals surface area contributed by atoms with Crippen LogP contribution in [0, 0.1) is 5.92 Å². The summed E-state index contributed by atoms with van der Waals surface area (Å²) < 4.78 is 0. The monoisotopic (exact) mass is 311 g/mol. The Morgan fingerprint density at radius 3 is 2.67 bits per heavy atom. The minimum atomic E-state index is -0.239. The highest BCUT2D eigenvalue weighted by Gasteiger charge is 2.24. The molecule has 0 radical (unpaired) electrons. The molecule has 0 aliphatic heterocycles. The molecule has 6 heteroatoms. The lowest BCUT2D eigenvalue weighted by atomic mass is 9.86. The van der Waals surface area contributed by atoms with E-state index in [0.717, 1.165) is 25.7 Å². The molecule has 0 saturated heterocycles. The maximum Gasteiger partial charge on any atom is 0.271 e. The molecule has 0 unspecified atom stereocenters. The predicted octanol–water partition coefficient (Wildman–Crippen LogP) is 2.53. The van der Waals surface area contributed by atoms with Gasteiger partial charge in [-0.05, 0) is 31.6 Å². The summed E-state index contributed by atoms with van der Waals surface area (Å²) in [7, 11) is 0. The Bertz CT molecular complexity index is 500. The van der Waals surface area contributed by atoms with Crippen LogP contribution in [-0.2, 0) is 0 Å². The minimum Gasteiger partial charge on any atom is -0.396 e. The largest absolute Gasteiger partial charge is 0.396 e. The van der Waals surface area contributed by atoms with E-state index in [2.05, 4.69) is 15.3 Å². The molecule has 5 nitrogen and oxygen atoms in total. The first-order valence-electron chi connectivity index (χ1n) is 7.45. The zero-order valence-corrected chi connectivity index (χ0v) is 13.2. The normalized spacial score (nSPS) is 22.3. The number of amides is 1. The molecule has 1 heterocycles. The zero-order valence-electron chi connectivity index (χ0n) is 12.5. The summed E-state index contributed by atoms with van der Waals surface area (Å²) in [5.41, 5.74) is 0.250. The number of aliphatic hydroxyl groups excluding tert-OH is 1. The van der Waals surface area contributed by atoms with Crippen LogP contribution < -0.4 is 5.32 Å². The molecular weight excluding hydrogens is 290 g/mol. The van der Waals surface area contributed by atoms with Crippen molar-refractivity contribution >= 4 is 17.5 Å². The lowest BCUT2D eigenvalue weighted by molar-refractivity contribution is 0.0908. The highest BCUT2D eigenvalue weighted by atomic mass is 35.5. The van der Waals surface area contributed by atoms with E-state index in [1.165, 1.54) is 6.20 Å². The quantitative estimate of drug-likeness (QED) is 0.896. The standard InChI is InChI=1S/C15H22ClN3O2/c1-9(2)14-17-7-12(16)13(19-14)15(21)18-11-5-3-10(8-20)4-6-11/h7,9-11,20H,3-6,8H2,1-2H3,(H,18,21). The summed E-state index contributed by atoms with van der Waals surface area (Å²) in [6.45, 7) is 4.18. The van der Waals surface area contributed by atoms with Gasteiger partial charge in [0.1, 0.15) is 11.5 Å². The molecule has 1 aliphatic rings. The molecule has 1 aromatic rings.